The zero-order valence-corrected chi connectivity index (χ0v) is 7.25. The van der Waals surface area contributed by atoms with Crippen molar-refractivity contribution in [1.29, 1.82) is 0 Å². The summed E-state index contributed by atoms with van der Waals surface area (Å²) in [7, 11) is 0. The molecule has 0 aliphatic carbocycles. The molecule has 0 saturated carbocycles. The minimum atomic E-state index is 0.207. The van der Waals surface area contributed by atoms with Crippen molar-refractivity contribution in [1.82, 2.24) is 0 Å². The van der Waals surface area contributed by atoms with Crippen LogP contribution in [0.15, 0.2) is 18.2 Å². The van der Waals surface area contributed by atoms with E-state index in [4.69, 9.17) is 0 Å². The average molecular weight is 177 g/mol. The topological polar surface area (TPSA) is 44.6 Å². The molecule has 68 valence electrons. The Hall–Kier alpha value is -1.19. The molecule has 3 nitrogen and oxygen atoms in total. The molecular formula is C10H11NO2. The Balaban J connectivity index is 2.45. The number of aldehydes is 1. The van der Waals surface area contributed by atoms with E-state index in [2.05, 4.69) is 0 Å². The molecule has 1 heterocycles. The Bertz CT molecular complexity index is 336. The first-order valence-electron chi connectivity index (χ1n) is 4.42. The van der Waals surface area contributed by atoms with E-state index in [9.17, 15) is 10.0 Å². The van der Waals surface area contributed by atoms with Crippen LogP contribution in [0.2, 0.25) is 0 Å². The van der Waals surface area contributed by atoms with Gasteiger partial charge in [-0.2, -0.15) is 0 Å². The highest BCUT2D eigenvalue weighted by Gasteiger charge is 2.15. The van der Waals surface area contributed by atoms with Crippen LogP contribution < -0.4 is 5.06 Å². The van der Waals surface area contributed by atoms with Crippen LogP contribution in [-0.4, -0.2) is 12.8 Å². The number of hydroxylamine groups is 1. The second kappa shape index (κ2) is 3.28. The number of benzene rings is 1. The molecule has 3 heteroatoms. The van der Waals surface area contributed by atoms with Gasteiger partial charge in [0.1, 0.15) is 12.0 Å². The van der Waals surface area contributed by atoms with Gasteiger partial charge in [0.2, 0.25) is 0 Å². The third-order valence-electron chi connectivity index (χ3n) is 2.42. The quantitative estimate of drug-likeness (QED) is 0.500. The lowest BCUT2D eigenvalue weighted by Gasteiger charge is -2.28. The summed E-state index contributed by atoms with van der Waals surface area (Å²) in [5, 5.41) is 11.6. The molecule has 1 unspecified atom stereocenters. The maximum atomic E-state index is 11.4. The van der Waals surface area contributed by atoms with Crippen molar-refractivity contribution in [2.24, 2.45) is 0 Å². The van der Waals surface area contributed by atoms with Crippen LogP contribution in [0.3, 0.4) is 0 Å². The van der Waals surface area contributed by atoms with Gasteiger partial charge in [0.25, 0.3) is 0 Å². The molecule has 0 amide bonds. The second-order valence-electron chi connectivity index (χ2n) is 3.31. The van der Waals surface area contributed by atoms with Crippen LogP contribution in [0.25, 0.3) is 0 Å². The third-order valence-corrected chi connectivity index (χ3v) is 2.42. The van der Waals surface area contributed by atoms with Gasteiger partial charge in [-0.15, -0.1) is 0 Å². The number of carbonyl (C=O) groups excluding carboxylic acids is 1. The van der Waals surface area contributed by atoms with Gasteiger partial charge in [-0.05, 0) is 18.6 Å². The van der Waals surface area contributed by atoms with E-state index < -0.39 is 0 Å². The molecule has 0 aromatic heterocycles. The number of hydrogen-bond donors (Lipinski definition) is 1. The van der Waals surface area contributed by atoms with Crippen molar-refractivity contribution in [2.45, 2.75) is 12.8 Å². The molecule has 1 atom stereocenters. The number of rotatable bonds is 1. The van der Waals surface area contributed by atoms with Crippen molar-refractivity contribution in [2.75, 3.05) is 6.54 Å². The molecule has 0 spiro atoms. The molecule has 1 N–H and O–H groups in total. The summed E-state index contributed by atoms with van der Waals surface area (Å²) in [6.07, 6.45) is 2.65. The molecule has 0 radical (unpaired) electrons. The molecule has 0 bridgehead atoms. The predicted molar refractivity (Wildman–Crippen MR) is 49.0 cm³/mol. The Kier molecular flexibility index (Phi) is 2.12. The Morgan fingerprint density at radius 3 is 3.08 bits per heavy atom. The Morgan fingerprint density at radius 2 is 2.31 bits per heavy atom. The normalized spacial score (nSPS) is 20.8. The fraction of sp³-hybridized carbons (Fsp3) is 0.300. The van der Waals surface area contributed by atoms with Crippen LogP contribution in [0.5, 0.6) is 0 Å². The number of aryl methyl sites for hydroxylation is 1. The zero-order valence-electron chi connectivity index (χ0n) is 7.25. The minimum Gasteiger partial charge on any atom is -0.629 e. The molecule has 0 fully saturated rings. The SMILES string of the molecule is O=Cc1ccc2c(c1)CCC[NH+]2[O-]. The van der Waals surface area contributed by atoms with Gasteiger partial charge in [-0.3, -0.25) is 4.79 Å². The Morgan fingerprint density at radius 1 is 1.46 bits per heavy atom. The van der Waals surface area contributed by atoms with Crippen molar-refractivity contribution in [3.05, 3.63) is 34.5 Å². The summed E-state index contributed by atoms with van der Waals surface area (Å²) >= 11 is 0. The maximum Gasteiger partial charge on any atom is 0.150 e. The van der Waals surface area contributed by atoms with Crippen LogP contribution in [0.1, 0.15) is 22.3 Å². The summed E-state index contributed by atoms with van der Waals surface area (Å²) in [4.78, 5) is 10.5. The van der Waals surface area contributed by atoms with Crippen molar-refractivity contribution in [3.63, 3.8) is 0 Å². The van der Waals surface area contributed by atoms with Crippen molar-refractivity contribution < 1.29 is 9.86 Å². The average Bonchev–Trinajstić information content (AvgIpc) is 2.18. The lowest BCUT2D eigenvalue weighted by molar-refractivity contribution is -0.779. The molecule has 0 saturated heterocycles. The van der Waals surface area contributed by atoms with Gasteiger partial charge >= 0.3 is 0 Å². The number of nitrogens with one attached hydrogen (secondary N) is 1. The fourth-order valence-corrected chi connectivity index (χ4v) is 1.74. The summed E-state index contributed by atoms with van der Waals surface area (Å²) in [5.41, 5.74) is 2.49. The number of fused-ring (bicyclic) bond motifs is 1. The summed E-state index contributed by atoms with van der Waals surface area (Å²) in [6, 6.07) is 5.29. The third kappa shape index (κ3) is 1.48. The highest BCUT2D eigenvalue weighted by atomic mass is 16.5. The number of carbonyl (C=O) groups is 1. The monoisotopic (exact) mass is 177 g/mol. The zero-order chi connectivity index (χ0) is 9.26. The predicted octanol–water partition coefficient (Wildman–Crippen LogP) is 0.459. The lowest BCUT2D eigenvalue weighted by Crippen LogP contribution is -3.03. The van der Waals surface area contributed by atoms with E-state index in [1.54, 1.807) is 12.1 Å². The Labute approximate surface area is 76.6 Å². The summed E-state index contributed by atoms with van der Waals surface area (Å²) < 4.78 is 0. The van der Waals surface area contributed by atoms with Crippen LogP contribution in [0, 0.1) is 5.21 Å². The first-order chi connectivity index (χ1) is 6.31. The van der Waals surface area contributed by atoms with Gasteiger partial charge in [0.05, 0.1) is 6.54 Å². The second-order valence-corrected chi connectivity index (χ2v) is 3.31. The van der Waals surface area contributed by atoms with Crippen LogP contribution in [0.4, 0.5) is 5.69 Å². The van der Waals surface area contributed by atoms with Gasteiger partial charge in [-0.1, -0.05) is 0 Å². The van der Waals surface area contributed by atoms with E-state index >= 15 is 0 Å². The molecule has 2 rings (SSSR count). The standard InChI is InChI=1S/C10H11NO2/c12-7-8-3-4-10-9(6-8)2-1-5-11(10)13/h3-4,6-7,11H,1-2,5H2. The maximum absolute atomic E-state index is 11.4. The van der Waals surface area contributed by atoms with E-state index in [1.807, 2.05) is 6.07 Å². The molecular weight excluding hydrogens is 166 g/mol. The van der Waals surface area contributed by atoms with Gasteiger partial charge in [-0.25, -0.2) is 0 Å². The smallest absolute Gasteiger partial charge is 0.150 e. The molecule has 1 aromatic carbocycles. The van der Waals surface area contributed by atoms with E-state index in [-0.39, 0.29) is 5.06 Å². The molecule has 13 heavy (non-hydrogen) atoms. The van der Waals surface area contributed by atoms with Gasteiger partial charge in [0, 0.05) is 23.6 Å². The highest BCUT2D eigenvalue weighted by molar-refractivity contribution is 5.76. The minimum absolute atomic E-state index is 0.207. The first-order valence-corrected chi connectivity index (χ1v) is 4.42. The molecule has 1 aliphatic rings. The molecule has 1 aliphatic heterocycles. The lowest BCUT2D eigenvalue weighted by atomic mass is 10.0. The highest BCUT2D eigenvalue weighted by Crippen LogP contribution is 2.17. The van der Waals surface area contributed by atoms with Crippen molar-refractivity contribution in [3.8, 4) is 0 Å². The van der Waals surface area contributed by atoms with Crippen LogP contribution in [-0.2, 0) is 6.42 Å². The van der Waals surface area contributed by atoms with Crippen LogP contribution >= 0.6 is 0 Å². The van der Waals surface area contributed by atoms with E-state index in [0.29, 0.717) is 12.1 Å². The fourth-order valence-electron chi connectivity index (χ4n) is 1.74. The summed E-state index contributed by atoms with van der Waals surface area (Å²) in [6.45, 7) is 0.646. The number of quaternary nitrogens is 1. The van der Waals surface area contributed by atoms with Gasteiger partial charge in [0.15, 0.2) is 0 Å². The first kappa shape index (κ1) is 8.41. The largest absolute Gasteiger partial charge is 0.629 e. The van der Waals surface area contributed by atoms with Gasteiger partial charge < -0.3 is 10.3 Å². The molecule has 1 aromatic rings. The van der Waals surface area contributed by atoms with Crippen molar-refractivity contribution >= 4 is 12.0 Å². The van der Waals surface area contributed by atoms with E-state index in [1.165, 1.54) is 0 Å². The number of hydrogen-bond acceptors (Lipinski definition) is 2. The van der Waals surface area contributed by atoms with E-state index in [0.717, 1.165) is 30.4 Å². The summed E-state index contributed by atoms with van der Waals surface area (Å²) in [5.74, 6) is 0.